The lowest BCUT2D eigenvalue weighted by atomic mass is 9.82. The zero-order chi connectivity index (χ0) is 17.9. The number of esters is 1. The minimum Gasteiger partial charge on any atom is -0.480 e. The van der Waals surface area contributed by atoms with Gasteiger partial charge in [-0.05, 0) is 43.9 Å². The number of hydrogen-bond donors (Lipinski definition) is 0. The van der Waals surface area contributed by atoms with E-state index >= 15 is 0 Å². The molecule has 2 fully saturated rings. The molecule has 1 aromatic carbocycles. The van der Waals surface area contributed by atoms with Gasteiger partial charge < -0.3 is 14.0 Å². The van der Waals surface area contributed by atoms with Crippen LogP contribution in [0.3, 0.4) is 0 Å². The second-order valence-electron chi connectivity index (χ2n) is 7.44. The summed E-state index contributed by atoms with van der Waals surface area (Å²) in [4.78, 5) is 12.1. The molecule has 2 aliphatic heterocycles. The van der Waals surface area contributed by atoms with Gasteiger partial charge in [0, 0.05) is 17.4 Å². The molecule has 0 amide bonds. The van der Waals surface area contributed by atoms with Crippen LogP contribution in [0.25, 0.3) is 0 Å². The van der Waals surface area contributed by atoms with Crippen LogP contribution in [0.5, 0.6) is 5.75 Å². The Balaban J connectivity index is 1.48. The highest BCUT2D eigenvalue weighted by Gasteiger charge is 2.43. The van der Waals surface area contributed by atoms with Gasteiger partial charge in [0.05, 0.1) is 37.8 Å². The lowest BCUT2D eigenvalue weighted by molar-refractivity contribution is -0.947. The van der Waals surface area contributed by atoms with Gasteiger partial charge in [0.25, 0.3) is 0 Å². The van der Waals surface area contributed by atoms with Gasteiger partial charge in [-0.1, -0.05) is 23.2 Å². The average Bonchev–Trinajstić information content (AvgIpc) is 2.58. The van der Waals surface area contributed by atoms with Gasteiger partial charge in [0.1, 0.15) is 5.75 Å². The van der Waals surface area contributed by atoms with Crippen molar-refractivity contribution < 1.29 is 18.8 Å². The third kappa shape index (κ3) is 4.60. The minimum atomic E-state index is -0.346. The maximum atomic E-state index is 12.1. The average molecular weight is 387 g/mol. The Morgan fingerprint density at radius 2 is 2.00 bits per heavy atom. The van der Waals surface area contributed by atoms with Gasteiger partial charge in [-0.25, -0.2) is 4.79 Å². The molecule has 0 aliphatic carbocycles. The molecule has 0 saturated carbocycles. The van der Waals surface area contributed by atoms with Crippen molar-refractivity contribution in [1.82, 2.24) is 0 Å². The summed E-state index contributed by atoms with van der Waals surface area (Å²) in [6.45, 7) is 2.88. The van der Waals surface area contributed by atoms with Crippen LogP contribution in [0.15, 0.2) is 18.2 Å². The molecule has 2 aliphatic rings. The van der Waals surface area contributed by atoms with E-state index < -0.39 is 0 Å². The number of rotatable bonds is 5. The number of benzene rings is 1. The van der Waals surface area contributed by atoms with Gasteiger partial charge >= 0.3 is 5.97 Å². The maximum Gasteiger partial charge on any atom is 0.344 e. The van der Waals surface area contributed by atoms with Gasteiger partial charge in [0.15, 0.2) is 6.61 Å². The zero-order valence-electron chi connectivity index (χ0n) is 14.7. The number of halogens is 2. The van der Waals surface area contributed by atoms with E-state index in [1.165, 1.54) is 38.8 Å². The highest BCUT2D eigenvalue weighted by molar-refractivity contribution is 6.35. The first kappa shape index (κ1) is 18.8. The number of fused-ring (bicyclic) bond motifs is 1. The SMILES string of the molecule is C[N@+]12CCCC[C@H]1[C@@H](COC(=O)COc1ccc(Cl)cc1Cl)CCC2. The van der Waals surface area contributed by atoms with E-state index in [0.29, 0.717) is 34.4 Å². The van der Waals surface area contributed by atoms with E-state index in [4.69, 9.17) is 32.7 Å². The van der Waals surface area contributed by atoms with Crippen molar-refractivity contribution in [2.24, 2.45) is 5.92 Å². The quantitative estimate of drug-likeness (QED) is 0.558. The molecule has 0 aromatic heterocycles. The Kier molecular flexibility index (Phi) is 6.13. The number of hydrogen-bond acceptors (Lipinski definition) is 3. The Bertz CT molecular complexity index is 621. The lowest BCUT2D eigenvalue weighted by Gasteiger charge is -2.51. The number of quaternary nitrogens is 1. The molecule has 3 rings (SSSR count). The third-order valence-corrected chi connectivity index (χ3v) is 6.24. The van der Waals surface area contributed by atoms with E-state index in [9.17, 15) is 4.79 Å². The minimum absolute atomic E-state index is 0.134. The molecule has 0 bridgehead atoms. The first-order valence-corrected chi connectivity index (χ1v) is 9.81. The topological polar surface area (TPSA) is 35.5 Å². The lowest BCUT2D eigenvalue weighted by Crippen LogP contribution is -2.61. The highest BCUT2D eigenvalue weighted by Crippen LogP contribution is 2.36. The van der Waals surface area contributed by atoms with E-state index in [0.717, 1.165) is 10.9 Å². The summed E-state index contributed by atoms with van der Waals surface area (Å²) in [5, 5.41) is 0.925. The van der Waals surface area contributed by atoms with Crippen molar-refractivity contribution in [3.05, 3.63) is 28.2 Å². The summed E-state index contributed by atoms with van der Waals surface area (Å²) in [6.07, 6.45) is 6.22. The zero-order valence-corrected chi connectivity index (χ0v) is 16.2. The van der Waals surface area contributed by atoms with Gasteiger partial charge in [-0.2, -0.15) is 0 Å². The molecular weight excluding hydrogens is 361 g/mol. The van der Waals surface area contributed by atoms with E-state index in [2.05, 4.69) is 7.05 Å². The van der Waals surface area contributed by atoms with Crippen LogP contribution in [-0.4, -0.2) is 49.8 Å². The largest absolute Gasteiger partial charge is 0.480 e. The predicted molar refractivity (Wildman–Crippen MR) is 99.2 cm³/mol. The first-order chi connectivity index (χ1) is 12.0. The van der Waals surface area contributed by atoms with Crippen LogP contribution in [0.1, 0.15) is 32.1 Å². The van der Waals surface area contributed by atoms with Gasteiger partial charge in [-0.3, -0.25) is 0 Å². The first-order valence-electron chi connectivity index (χ1n) is 9.06. The standard InChI is InChI=1S/C19H26Cl2NO3/c1-22-9-3-2-6-17(22)14(5-4-10-22)12-25-19(23)13-24-18-8-7-15(20)11-16(18)21/h7-8,11,14,17H,2-6,9-10,12-13H2,1H3/q+1/t14-,17+,22-/m1/s1. The fourth-order valence-electron chi connectivity index (χ4n) is 4.40. The fourth-order valence-corrected chi connectivity index (χ4v) is 4.86. The van der Waals surface area contributed by atoms with Crippen LogP contribution in [0, 0.1) is 5.92 Å². The second-order valence-corrected chi connectivity index (χ2v) is 8.28. The molecule has 1 aromatic rings. The van der Waals surface area contributed by atoms with Crippen molar-refractivity contribution >= 4 is 29.2 Å². The number of carbonyl (C=O) groups is 1. The Hall–Kier alpha value is -0.970. The number of carbonyl (C=O) groups excluding carboxylic acids is 1. The summed E-state index contributed by atoms with van der Waals surface area (Å²) in [7, 11) is 2.36. The van der Waals surface area contributed by atoms with Crippen molar-refractivity contribution in [2.75, 3.05) is 33.4 Å². The van der Waals surface area contributed by atoms with Gasteiger partial charge in [-0.15, -0.1) is 0 Å². The molecule has 0 N–H and O–H groups in total. The van der Waals surface area contributed by atoms with Crippen molar-refractivity contribution in [3.8, 4) is 5.75 Å². The maximum absolute atomic E-state index is 12.1. The van der Waals surface area contributed by atoms with Crippen LogP contribution < -0.4 is 4.74 Å². The normalized spacial score (nSPS) is 28.9. The molecule has 2 saturated heterocycles. The molecule has 2 heterocycles. The van der Waals surface area contributed by atoms with Crippen molar-refractivity contribution in [3.63, 3.8) is 0 Å². The molecule has 25 heavy (non-hydrogen) atoms. The number of piperidine rings is 2. The number of nitrogens with zero attached hydrogens (tertiary/aromatic N) is 1. The molecule has 0 radical (unpaired) electrons. The van der Waals surface area contributed by atoms with Crippen LogP contribution in [0.4, 0.5) is 0 Å². The molecule has 6 heteroatoms. The number of ether oxygens (including phenoxy) is 2. The molecule has 0 spiro atoms. The Labute approximate surface area is 159 Å². The highest BCUT2D eigenvalue weighted by atomic mass is 35.5. The third-order valence-electron chi connectivity index (χ3n) is 5.71. The monoisotopic (exact) mass is 386 g/mol. The van der Waals surface area contributed by atoms with Crippen LogP contribution in [0.2, 0.25) is 10.0 Å². The second kappa shape index (κ2) is 8.15. The smallest absolute Gasteiger partial charge is 0.344 e. The molecular formula is C19H26Cl2NO3+. The molecule has 138 valence electrons. The summed E-state index contributed by atoms with van der Waals surface area (Å²) in [6, 6.07) is 5.55. The predicted octanol–water partition coefficient (Wildman–Crippen LogP) is 4.32. The van der Waals surface area contributed by atoms with Crippen LogP contribution >= 0.6 is 23.2 Å². The Morgan fingerprint density at radius 1 is 1.20 bits per heavy atom. The van der Waals surface area contributed by atoms with E-state index in [1.807, 2.05) is 0 Å². The molecule has 4 nitrogen and oxygen atoms in total. The summed E-state index contributed by atoms with van der Waals surface area (Å²) in [5.74, 6) is 0.556. The summed E-state index contributed by atoms with van der Waals surface area (Å²) >= 11 is 11.9. The Morgan fingerprint density at radius 3 is 2.80 bits per heavy atom. The fraction of sp³-hybridized carbons (Fsp3) is 0.632. The van der Waals surface area contributed by atoms with E-state index in [1.54, 1.807) is 18.2 Å². The summed E-state index contributed by atoms with van der Waals surface area (Å²) < 4.78 is 12.1. The summed E-state index contributed by atoms with van der Waals surface area (Å²) in [5.41, 5.74) is 0. The van der Waals surface area contributed by atoms with Crippen LogP contribution in [-0.2, 0) is 9.53 Å². The van der Waals surface area contributed by atoms with Crippen molar-refractivity contribution in [2.45, 2.75) is 38.1 Å². The van der Waals surface area contributed by atoms with Crippen molar-refractivity contribution in [1.29, 1.82) is 0 Å². The van der Waals surface area contributed by atoms with E-state index in [-0.39, 0.29) is 12.6 Å². The molecule has 3 atom stereocenters. The van der Waals surface area contributed by atoms with Gasteiger partial charge in [0.2, 0.25) is 0 Å². The molecule has 0 unspecified atom stereocenters.